The van der Waals surface area contributed by atoms with Gasteiger partial charge >= 0.3 is 0 Å². The van der Waals surface area contributed by atoms with Crippen molar-refractivity contribution in [1.29, 1.82) is 0 Å². The molecule has 0 heterocycles. The van der Waals surface area contributed by atoms with Gasteiger partial charge in [0.15, 0.2) is 11.6 Å². The SMILES string of the molecule is CCc1ccc(-c2ccc(OCc3ccc(C)c(F)c3F)cc2)cc1F. The summed E-state index contributed by atoms with van der Waals surface area (Å²) >= 11 is 0. The first kappa shape index (κ1) is 18.1. The van der Waals surface area contributed by atoms with Gasteiger partial charge in [0, 0.05) is 5.56 Å². The molecule has 0 aliphatic rings. The van der Waals surface area contributed by atoms with E-state index in [1.165, 1.54) is 25.1 Å². The Hall–Kier alpha value is -2.75. The van der Waals surface area contributed by atoms with Crippen LogP contribution in [0.4, 0.5) is 13.2 Å². The van der Waals surface area contributed by atoms with Crippen LogP contribution in [0.3, 0.4) is 0 Å². The Bertz CT molecular complexity index is 917. The molecular weight excluding hydrogens is 337 g/mol. The average Bonchev–Trinajstić information content (AvgIpc) is 2.66. The van der Waals surface area contributed by atoms with Gasteiger partial charge in [0.25, 0.3) is 0 Å². The minimum atomic E-state index is -0.881. The van der Waals surface area contributed by atoms with Gasteiger partial charge in [0.1, 0.15) is 18.2 Å². The minimum Gasteiger partial charge on any atom is -0.489 e. The molecule has 0 atom stereocenters. The molecule has 1 nitrogen and oxygen atoms in total. The van der Waals surface area contributed by atoms with Crippen LogP contribution in [-0.2, 0) is 13.0 Å². The van der Waals surface area contributed by atoms with Crippen molar-refractivity contribution in [2.45, 2.75) is 26.9 Å². The predicted octanol–water partition coefficient (Wildman–Crippen LogP) is 6.22. The van der Waals surface area contributed by atoms with E-state index < -0.39 is 11.6 Å². The van der Waals surface area contributed by atoms with Crippen LogP contribution in [-0.4, -0.2) is 0 Å². The van der Waals surface area contributed by atoms with Gasteiger partial charge < -0.3 is 4.74 Å². The van der Waals surface area contributed by atoms with Gasteiger partial charge in [-0.25, -0.2) is 13.2 Å². The molecule has 3 aromatic carbocycles. The third-order valence-electron chi connectivity index (χ3n) is 4.37. The number of halogens is 3. The standard InChI is InChI=1S/C22H19F3O/c1-3-15-6-7-17(12-20(15)23)16-8-10-19(11-9-16)26-13-18-5-4-14(2)21(24)22(18)25/h4-12H,3,13H2,1-2H3. The fraction of sp³-hybridized carbons (Fsp3) is 0.182. The van der Waals surface area contributed by atoms with E-state index in [4.69, 9.17) is 4.74 Å². The van der Waals surface area contributed by atoms with Gasteiger partial charge in [-0.1, -0.05) is 43.3 Å². The van der Waals surface area contributed by atoms with Crippen LogP contribution in [0.5, 0.6) is 5.75 Å². The number of hydrogen-bond acceptors (Lipinski definition) is 1. The molecule has 0 aliphatic heterocycles. The molecule has 0 fully saturated rings. The number of aryl methyl sites for hydroxylation is 2. The molecule has 26 heavy (non-hydrogen) atoms. The Kier molecular flexibility index (Phi) is 5.31. The molecule has 0 aromatic heterocycles. The van der Waals surface area contributed by atoms with Crippen LogP contribution < -0.4 is 4.74 Å². The van der Waals surface area contributed by atoms with E-state index in [9.17, 15) is 13.2 Å². The summed E-state index contributed by atoms with van der Waals surface area (Å²) in [5.74, 6) is -1.42. The highest BCUT2D eigenvalue weighted by molar-refractivity contribution is 5.64. The first-order valence-electron chi connectivity index (χ1n) is 8.44. The van der Waals surface area contributed by atoms with Crippen molar-refractivity contribution in [1.82, 2.24) is 0 Å². The lowest BCUT2D eigenvalue weighted by Gasteiger charge is -2.10. The highest BCUT2D eigenvalue weighted by atomic mass is 19.2. The second-order valence-electron chi connectivity index (χ2n) is 6.14. The van der Waals surface area contributed by atoms with Crippen LogP contribution >= 0.6 is 0 Å². The van der Waals surface area contributed by atoms with Crippen LogP contribution in [0.25, 0.3) is 11.1 Å². The van der Waals surface area contributed by atoms with Crippen LogP contribution in [0.15, 0.2) is 54.6 Å². The zero-order valence-corrected chi connectivity index (χ0v) is 14.7. The Morgan fingerprint density at radius 3 is 2.08 bits per heavy atom. The molecular formula is C22H19F3O. The summed E-state index contributed by atoms with van der Waals surface area (Å²) in [5.41, 5.74) is 2.73. The smallest absolute Gasteiger partial charge is 0.165 e. The topological polar surface area (TPSA) is 9.23 Å². The molecule has 0 aliphatic carbocycles. The summed E-state index contributed by atoms with van der Waals surface area (Å²) in [6, 6.07) is 15.3. The Morgan fingerprint density at radius 1 is 0.769 bits per heavy atom. The fourth-order valence-electron chi connectivity index (χ4n) is 2.72. The third-order valence-corrected chi connectivity index (χ3v) is 4.37. The summed E-state index contributed by atoms with van der Waals surface area (Å²) < 4.78 is 46.9. The van der Waals surface area contributed by atoms with Crippen molar-refractivity contribution in [2.75, 3.05) is 0 Å². The van der Waals surface area contributed by atoms with Crippen LogP contribution in [0, 0.1) is 24.4 Å². The highest BCUT2D eigenvalue weighted by Crippen LogP contribution is 2.25. The summed E-state index contributed by atoms with van der Waals surface area (Å²) in [5, 5.41) is 0. The molecule has 0 unspecified atom stereocenters. The first-order valence-corrected chi connectivity index (χ1v) is 8.44. The molecule has 0 radical (unpaired) electrons. The van der Waals surface area contributed by atoms with Crippen molar-refractivity contribution in [3.63, 3.8) is 0 Å². The summed E-state index contributed by atoms with van der Waals surface area (Å²) in [6.07, 6.45) is 0.648. The van der Waals surface area contributed by atoms with E-state index in [1.807, 2.05) is 25.1 Å². The first-order chi connectivity index (χ1) is 12.5. The number of benzene rings is 3. The fourth-order valence-corrected chi connectivity index (χ4v) is 2.72. The monoisotopic (exact) mass is 356 g/mol. The third kappa shape index (κ3) is 3.74. The van der Waals surface area contributed by atoms with E-state index in [-0.39, 0.29) is 23.6 Å². The lowest BCUT2D eigenvalue weighted by molar-refractivity contribution is 0.297. The normalized spacial score (nSPS) is 10.8. The van der Waals surface area contributed by atoms with E-state index in [2.05, 4.69) is 0 Å². The summed E-state index contributed by atoms with van der Waals surface area (Å²) in [6.45, 7) is 3.35. The van der Waals surface area contributed by atoms with Gasteiger partial charge in [-0.05, 0) is 53.8 Å². The average molecular weight is 356 g/mol. The van der Waals surface area contributed by atoms with E-state index in [0.29, 0.717) is 17.7 Å². The molecule has 0 bridgehead atoms. The molecule has 4 heteroatoms. The largest absolute Gasteiger partial charge is 0.489 e. The van der Waals surface area contributed by atoms with Gasteiger partial charge in [0.2, 0.25) is 0 Å². The summed E-state index contributed by atoms with van der Waals surface area (Å²) in [7, 11) is 0. The number of ether oxygens (including phenoxy) is 1. The number of hydrogen-bond donors (Lipinski definition) is 0. The molecule has 0 amide bonds. The van der Waals surface area contributed by atoms with Crippen molar-refractivity contribution < 1.29 is 17.9 Å². The zero-order chi connectivity index (χ0) is 18.7. The van der Waals surface area contributed by atoms with Gasteiger partial charge in [-0.3, -0.25) is 0 Å². The Balaban J connectivity index is 1.72. The molecule has 0 saturated carbocycles. The van der Waals surface area contributed by atoms with Crippen molar-refractivity contribution in [3.8, 4) is 16.9 Å². The Morgan fingerprint density at radius 2 is 1.42 bits per heavy atom. The maximum absolute atomic E-state index is 13.9. The highest BCUT2D eigenvalue weighted by Gasteiger charge is 2.11. The van der Waals surface area contributed by atoms with Crippen LogP contribution in [0.1, 0.15) is 23.6 Å². The molecule has 134 valence electrons. The second-order valence-corrected chi connectivity index (χ2v) is 6.14. The Labute approximate surface area is 151 Å². The molecule has 3 rings (SSSR count). The minimum absolute atomic E-state index is 0.0673. The predicted molar refractivity (Wildman–Crippen MR) is 96.6 cm³/mol. The van der Waals surface area contributed by atoms with E-state index in [1.54, 1.807) is 18.2 Å². The van der Waals surface area contributed by atoms with Crippen molar-refractivity contribution in [2.24, 2.45) is 0 Å². The molecule has 0 saturated heterocycles. The zero-order valence-electron chi connectivity index (χ0n) is 14.7. The van der Waals surface area contributed by atoms with E-state index >= 15 is 0 Å². The van der Waals surface area contributed by atoms with E-state index in [0.717, 1.165) is 11.1 Å². The lowest BCUT2D eigenvalue weighted by atomic mass is 10.0. The molecule has 3 aromatic rings. The lowest BCUT2D eigenvalue weighted by Crippen LogP contribution is -2.02. The summed E-state index contributed by atoms with van der Waals surface area (Å²) in [4.78, 5) is 0. The second kappa shape index (κ2) is 7.65. The van der Waals surface area contributed by atoms with Gasteiger partial charge in [-0.2, -0.15) is 0 Å². The number of rotatable bonds is 5. The van der Waals surface area contributed by atoms with Gasteiger partial charge in [-0.15, -0.1) is 0 Å². The molecule has 0 N–H and O–H groups in total. The van der Waals surface area contributed by atoms with Crippen molar-refractivity contribution >= 4 is 0 Å². The van der Waals surface area contributed by atoms with Crippen molar-refractivity contribution in [3.05, 3.63) is 88.7 Å². The van der Waals surface area contributed by atoms with Gasteiger partial charge in [0.05, 0.1) is 0 Å². The van der Waals surface area contributed by atoms with Crippen LogP contribution in [0.2, 0.25) is 0 Å². The molecule has 0 spiro atoms. The maximum atomic E-state index is 13.9. The quantitative estimate of drug-likeness (QED) is 0.527. The maximum Gasteiger partial charge on any atom is 0.165 e.